The number of anilines is 1. The van der Waals surface area contributed by atoms with Gasteiger partial charge < -0.3 is 4.90 Å². The molecule has 0 radical (unpaired) electrons. The summed E-state index contributed by atoms with van der Waals surface area (Å²) in [4.78, 5) is 2.41. The van der Waals surface area contributed by atoms with E-state index in [4.69, 9.17) is 4.28 Å². The van der Waals surface area contributed by atoms with Crippen LogP contribution in [0.4, 0.5) is 5.69 Å². The van der Waals surface area contributed by atoms with Crippen LogP contribution in [-0.2, 0) is 4.28 Å². The number of benzene rings is 1. The van der Waals surface area contributed by atoms with Crippen LogP contribution in [0.5, 0.6) is 0 Å². The molecule has 2 rings (SSSR count). The van der Waals surface area contributed by atoms with Gasteiger partial charge in [-0.2, -0.15) is 5.06 Å². The fourth-order valence-electron chi connectivity index (χ4n) is 1.77. The Balaban J connectivity index is 1.78. The molecule has 0 aromatic heterocycles. The van der Waals surface area contributed by atoms with Crippen molar-refractivity contribution in [1.29, 1.82) is 0 Å². The maximum absolute atomic E-state index is 5.38. The second kappa shape index (κ2) is 6.26. The number of hydroxylamine groups is 2. The highest BCUT2D eigenvalue weighted by Gasteiger charge is 2.18. The monoisotopic (exact) mass is 253 g/mol. The van der Waals surface area contributed by atoms with Gasteiger partial charge in [0.2, 0.25) is 0 Å². The number of nitrogens with zero attached hydrogens (tertiary/aromatic N) is 3. The van der Waals surface area contributed by atoms with E-state index in [-0.39, 0.29) is 0 Å². The molecule has 0 atom stereocenters. The molecule has 94 valence electrons. The van der Waals surface area contributed by atoms with Crippen molar-refractivity contribution in [2.75, 3.05) is 45.2 Å². The molecule has 0 N–H and O–H groups in total. The lowest BCUT2D eigenvalue weighted by molar-refractivity contribution is 0.0166. The van der Waals surface area contributed by atoms with Gasteiger partial charge in [-0.05, 0) is 12.1 Å². The van der Waals surface area contributed by atoms with Crippen LogP contribution in [0, 0.1) is 0 Å². The van der Waals surface area contributed by atoms with Gasteiger partial charge in [-0.1, -0.05) is 18.2 Å². The third-order valence-corrected chi connectivity index (χ3v) is 3.59. The Hall–Kier alpha value is -0.750. The van der Waals surface area contributed by atoms with Crippen molar-refractivity contribution in [3.05, 3.63) is 30.3 Å². The summed E-state index contributed by atoms with van der Waals surface area (Å²) >= 11 is 1.44. The molecule has 0 aliphatic carbocycles. The first-order valence-corrected chi connectivity index (χ1v) is 6.52. The molecule has 0 spiro atoms. The van der Waals surface area contributed by atoms with Crippen LogP contribution in [0.15, 0.2) is 30.3 Å². The molecule has 0 amide bonds. The van der Waals surface area contributed by atoms with Crippen molar-refractivity contribution < 1.29 is 4.28 Å². The standard InChI is InChI=1S/C12H19N3OS/c1-13(2)16-17-15-10-8-14(9-11-15)12-6-4-3-5-7-12/h3-7H,8-11H2,1-2H3. The fraction of sp³-hybridized carbons (Fsp3) is 0.500. The van der Waals surface area contributed by atoms with Crippen LogP contribution < -0.4 is 4.90 Å². The van der Waals surface area contributed by atoms with Crippen LogP contribution in [-0.4, -0.2) is 49.6 Å². The Morgan fingerprint density at radius 3 is 2.29 bits per heavy atom. The number of hydrogen-bond acceptors (Lipinski definition) is 5. The van der Waals surface area contributed by atoms with Crippen molar-refractivity contribution in [3.8, 4) is 0 Å². The van der Waals surface area contributed by atoms with E-state index in [9.17, 15) is 0 Å². The molecule has 1 aliphatic rings. The second-order valence-corrected chi connectivity index (χ2v) is 5.03. The molecule has 1 heterocycles. The number of rotatable bonds is 4. The third kappa shape index (κ3) is 3.89. The summed E-state index contributed by atoms with van der Waals surface area (Å²) < 4.78 is 7.63. The minimum absolute atomic E-state index is 1.02. The van der Waals surface area contributed by atoms with E-state index in [1.165, 1.54) is 17.9 Å². The lowest BCUT2D eigenvalue weighted by Crippen LogP contribution is -2.43. The van der Waals surface area contributed by atoms with Crippen molar-refractivity contribution >= 4 is 17.9 Å². The van der Waals surface area contributed by atoms with Crippen molar-refractivity contribution in [2.24, 2.45) is 0 Å². The average molecular weight is 253 g/mol. The molecule has 4 nitrogen and oxygen atoms in total. The third-order valence-electron chi connectivity index (χ3n) is 2.65. The van der Waals surface area contributed by atoms with Crippen LogP contribution >= 0.6 is 12.2 Å². The summed E-state index contributed by atoms with van der Waals surface area (Å²) in [6, 6.07) is 10.6. The zero-order valence-corrected chi connectivity index (χ0v) is 11.2. The van der Waals surface area contributed by atoms with Gasteiger partial charge >= 0.3 is 0 Å². The molecule has 0 saturated carbocycles. The van der Waals surface area contributed by atoms with Crippen LogP contribution in [0.2, 0.25) is 0 Å². The smallest absolute Gasteiger partial charge is 0.105 e. The van der Waals surface area contributed by atoms with E-state index in [0.29, 0.717) is 0 Å². The first kappa shape index (κ1) is 12.7. The van der Waals surface area contributed by atoms with Gasteiger partial charge in [0.15, 0.2) is 0 Å². The Labute approximate surface area is 107 Å². The summed E-state index contributed by atoms with van der Waals surface area (Å²) in [7, 11) is 3.79. The van der Waals surface area contributed by atoms with E-state index in [2.05, 4.69) is 39.5 Å². The number of para-hydroxylation sites is 1. The number of hydrogen-bond donors (Lipinski definition) is 0. The molecule has 17 heavy (non-hydrogen) atoms. The summed E-state index contributed by atoms with van der Waals surface area (Å²) in [6.07, 6.45) is 0. The SMILES string of the molecule is CN(C)OSN1CCN(c2ccccc2)CC1. The lowest BCUT2D eigenvalue weighted by Gasteiger charge is -2.34. The van der Waals surface area contributed by atoms with E-state index in [0.717, 1.165) is 26.2 Å². The summed E-state index contributed by atoms with van der Waals surface area (Å²) in [5, 5.41) is 1.72. The minimum Gasteiger partial charge on any atom is -0.369 e. The fourth-order valence-corrected chi connectivity index (χ4v) is 2.31. The highest BCUT2D eigenvalue weighted by Crippen LogP contribution is 2.19. The minimum atomic E-state index is 1.02. The molecule has 0 unspecified atom stereocenters. The van der Waals surface area contributed by atoms with Gasteiger partial charge in [-0.25, -0.2) is 8.59 Å². The molecule has 1 fully saturated rings. The topological polar surface area (TPSA) is 19.0 Å². The molecule has 1 aliphatic heterocycles. The molecule has 0 bridgehead atoms. The molecule has 1 aromatic rings. The Bertz CT molecular complexity index is 326. The predicted octanol–water partition coefficient (Wildman–Crippen LogP) is 1.86. The summed E-state index contributed by atoms with van der Waals surface area (Å²) in [5.41, 5.74) is 1.31. The normalized spacial score (nSPS) is 17.7. The molecule has 1 aromatic carbocycles. The Morgan fingerprint density at radius 2 is 1.71 bits per heavy atom. The maximum Gasteiger partial charge on any atom is 0.105 e. The van der Waals surface area contributed by atoms with E-state index in [1.54, 1.807) is 5.06 Å². The van der Waals surface area contributed by atoms with E-state index >= 15 is 0 Å². The average Bonchev–Trinajstić information content (AvgIpc) is 2.38. The first-order chi connectivity index (χ1) is 8.25. The summed E-state index contributed by atoms with van der Waals surface area (Å²) in [6.45, 7) is 4.14. The largest absolute Gasteiger partial charge is 0.369 e. The van der Waals surface area contributed by atoms with Crippen LogP contribution in [0.1, 0.15) is 0 Å². The predicted molar refractivity (Wildman–Crippen MR) is 72.6 cm³/mol. The van der Waals surface area contributed by atoms with Gasteiger partial charge in [-0.3, -0.25) is 0 Å². The number of piperazine rings is 1. The zero-order chi connectivity index (χ0) is 12.1. The van der Waals surface area contributed by atoms with Crippen molar-refractivity contribution in [3.63, 3.8) is 0 Å². The second-order valence-electron chi connectivity index (χ2n) is 4.21. The molecule has 1 saturated heterocycles. The highest BCUT2D eigenvalue weighted by atomic mass is 32.2. The summed E-state index contributed by atoms with van der Waals surface area (Å²) in [5.74, 6) is 0. The van der Waals surface area contributed by atoms with Crippen molar-refractivity contribution in [1.82, 2.24) is 9.37 Å². The Kier molecular flexibility index (Phi) is 4.67. The quantitative estimate of drug-likeness (QED) is 0.462. The van der Waals surface area contributed by atoms with Crippen LogP contribution in [0.25, 0.3) is 0 Å². The lowest BCUT2D eigenvalue weighted by atomic mass is 10.2. The zero-order valence-electron chi connectivity index (χ0n) is 10.4. The van der Waals surface area contributed by atoms with Gasteiger partial charge in [0.1, 0.15) is 12.2 Å². The van der Waals surface area contributed by atoms with Gasteiger partial charge in [0.25, 0.3) is 0 Å². The van der Waals surface area contributed by atoms with E-state index in [1.807, 2.05) is 14.1 Å². The van der Waals surface area contributed by atoms with Gasteiger partial charge in [0.05, 0.1) is 0 Å². The Morgan fingerprint density at radius 1 is 1.06 bits per heavy atom. The van der Waals surface area contributed by atoms with Gasteiger partial charge in [-0.15, -0.1) is 0 Å². The first-order valence-electron chi connectivity index (χ1n) is 5.83. The van der Waals surface area contributed by atoms with Crippen molar-refractivity contribution in [2.45, 2.75) is 0 Å². The van der Waals surface area contributed by atoms with Crippen LogP contribution in [0.3, 0.4) is 0 Å². The molecule has 5 heteroatoms. The van der Waals surface area contributed by atoms with E-state index < -0.39 is 0 Å². The molecular formula is C12H19N3OS. The highest BCUT2D eigenvalue weighted by molar-refractivity contribution is 7.92. The molecular weight excluding hydrogens is 234 g/mol. The maximum atomic E-state index is 5.38. The van der Waals surface area contributed by atoms with Gasteiger partial charge in [0, 0.05) is 46.0 Å².